The number of benzene rings is 2. The van der Waals surface area contributed by atoms with Crippen LogP contribution >= 0.6 is 0 Å². The van der Waals surface area contributed by atoms with Gasteiger partial charge in [-0.1, -0.05) is 17.3 Å². The van der Waals surface area contributed by atoms with Crippen molar-refractivity contribution >= 4 is 5.91 Å². The molecule has 0 aliphatic carbocycles. The maximum absolute atomic E-state index is 13.3. The lowest BCUT2D eigenvalue weighted by Crippen LogP contribution is -2.36. The molecule has 1 amide bonds. The average molecular weight is 381 g/mol. The van der Waals surface area contributed by atoms with Gasteiger partial charge in [0.25, 0.3) is 11.8 Å². The van der Waals surface area contributed by atoms with Crippen LogP contribution in [0.4, 0.5) is 4.39 Å². The Bertz CT molecular complexity index is 948. The largest absolute Gasteiger partial charge is 0.376 e. The zero-order valence-electron chi connectivity index (χ0n) is 15.4. The summed E-state index contributed by atoms with van der Waals surface area (Å²) in [6.45, 7) is 2.41. The molecule has 0 radical (unpaired) electrons. The number of nitrogens with zero attached hydrogens (tertiary/aromatic N) is 2. The highest BCUT2D eigenvalue weighted by molar-refractivity contribution is 5.94. The van der Waals surface area contributed by atoms with Crippen LogP contribution in [0.2, 0.25) is 0 Å². The predicted octanol–water partition coefficient (Wildman–Crippen LogP) is 3.83. The quantitative estimate of drug-likeness (QED) is 0.727. The van der Waals surface area contributed by atoms with Crippen molar-refractivity contribution in [1.82, 2.24) is 15.5 Å². The zero-order chi connectivity index (χ0) is 19.5. The van der Waals surface area contributed by atoms with Crippen LogP contribution in [0.25, 0.3) is 11.5 Å². The highest BCUT2D eigenvalue weighted by Crippen LogP contribution is 2.28. The standard InChI is InChI=1S/C21H20FN3O3/c1-13-23-21(28-25-13)16-6-4-15(5-7-16)20(26)24-19(18-3-2-12-27-18)14-8-10-17(22)11-9-14/h4-11,18-19H,2-3,12H2,1H3,(H,24,26)/t18-,19+/m0/s1. The van der Waals surface area contributed by atoms with Crippen molar-refractivity contribution in [3.8, 4) is 11.5 Å². The molecule has 3 aromatic rings. The summed E-state index contributed by atoms with van der Waals surface area (Å²) in [5, 5.41) is 6.80. The normalized spacial score (nSPS) is 17.4. The van der Waals surface area contributed by atoms with Crippen LogP contribution in [0, 0.1) is 12.7 Å². The second-order valence-electron chi connectivity index (χ2n) is 6.78. The van der Waals surface area contributed by atoms with E-state index in [9.17, 15) is 9.18 Å². The van der Waals surface area contributed by atoms with Crippen LogP contribution in [0.5, 0.6) is 0 Å². The lowest BCUT2D eigenvalue weighted by Gasteiger charge is -2.25. The van der Waals surface area contributed by atoms with E-state index in [0.29, 0.717) is 23.9 Å². The molecule has 2 heterocycles. The third kappa shape index (κ3) is 3.94. The highest BCUT2D eigenvalue weighted by atomic mass is 19.1. The summed E-state index contributed by atoms with van der Waals surface area (Å²) in [5.41, 5.74) is 2.07. The van der Waals surface area contributed by atoms with E-state index in [2.05, 4.69) is 15.5 Å². The third-order valence-corrected chi connectivity index (χ3v) is 4.77. The number of carbonyl (C=O) groups is 1. The average Bonchev–Trinajstić information content (AvgIpc) is 3.39. The van der Waals surface area contributed by atoms with Crippen molar-refractivity contribution in [1.29, 1.82) is 0 Å². The first-order chi connectivity index (χ1) is 13.6. The van der Waals surface area contributed by atoms with Gasteiger partial charge < -0.3 is 14.6 Å². The van der Waals surface area contributed by atoms with E-state index in [1.807, 2.05) is 0 Å². The first-order valence-corrected chi connectivity index (χ1v) is 9.19. The number of nitrogens with one attached hydrogen (secondary N) is 1. The molecule has 1 saturated heterocycles. The van der Waals surface area contributed by atoms with Crippen molar-refractivity contribution < 1.29 is 18.4 Å². The van der Waals surface area contributed by atoms with Crippen LogP contribution in [0.3, 0.4) is 0 Å². The zero-order valence-corrected chi connectivity index (χ0v) is 15.4. The van der Waals surface area contributed by atoms with Gasteiger partial charge in [-0.15, -0.1) is 0 Å². The smallest absolute Gasteiger partial charge is 0.257 e. The number of rotatable bonds is 5. The molecule has 1 aromatic heterocycles. The van der Waals surface area contributed by atoms with Gasteiger partial charge in [0.1, 0.15) is 5.82 Å². The van der Waals surface area contributed by atoms with E-state index in [1.165, 1.54) is 12.1 Å². The fourth-order valence-electron chi connectivity index (χ4n) is 3.33. The van der Waals surface area contributed by atoms with Gasteiger partial charge in [-0.3, -0.25) is 4.79 Å². The Labute approximate surface area is 161 Å². The van der Waals surface area contributed by atoms with Gasteiger partial charge in [0.05, 0.1) is 12.1 Å². The Morgan fingerprint density at radius 2 is 1.93 bits per heavy atom. The molecular weight excluding hydrogens is 361 g/mol. The number of hydrogen-bond donors (Lipinski definition) is 1. The van der Waals surface area contributed by atoms with Crippen LogP contribution in [0.15, 0.2) is 53.1 Å². The summed E-state index contributed by atoms with van der Waals surface area (Å²) in [5.74, 6) is 0.426. The van der Waals surface area contributed by atoms with Crippen LogP contribution in [-0.4, -0.2) is 28.8 Å². The minimum absolute atomic E-state index is 0.130. The molecule has 0 unspecified atom stereocenters. The molecule has 1 aliphatic heterocycles. The van der Waals surface area contributed by atoms with Crippen molar-refractivity contribution in [3.63, 3.8) is 0 Å². The van der Waals surface area contributed by atoms with Crippen molar-refractivity contribution in [2.24, 2.45) is 0 Å². The Morgan fingerprint density at radius 3 is 2.54 bits per heavy atom. The molecule has 1 fully saturated rings. The van der Waals surface area contributed by atoms with Gasteiger partial charge >= 0.3 is 0 Å². The lowest BCUT2D eigenvalue weighted by atomic mass is 9.98. The number of hydrogen-bond acceptors (Lipinski definition) is 5. The monoisotopic (exact) mass is 381 g/mol. The summed E-state index contributed by atoms with van der Waals surface area (Å²) in [6, 6.07) is 12.8. The van der Waals surface area contributed by atoms with E-state index in [4.69, 9.17) is 9.26 Å². The first kappa shape index (κ1) is 18.3. The molecule has 28 heavy (non-hydrogen) atoms. The van der Waals surface area contributed by atoms with Crippen molar-refractivity contribution in [3.05, 3.63) is 71.3 Å². The molecule has 7 heteroatoms. The molecule has 0 saturated carbocycles. The van der Waals surface area contributed by atoms with Gasteiger partial charge in [0, 0.05) is 17.7 Å². The molecule has 144 valence electrons. The third-order valence-electron chi connectivity index (χ3n) is 4.77. The summed E-state index contributed by atoms with van der Waals surface area (Å²) >= 11 is 0. The van der Waals surface area contributed by atoms with Gasteiger partial charge in [0.15, 0.2) is 5.82 Å². The fraction of sp³-hybridized carbons (Fsp3) is 0.286. The maximum Gasteiger partial charge on any atom is 0.257 e. The van der Waals surface area contributed by atoms with Crippen molar-refractivity contribution in [2.75, 3.05) is 6.61 Å². The maximum atomic E-state index is 13.3. The molecular formula is C21H20FN3O3. The number of carbonyl (C=O) groups excluding carboxylic acids is 1. The molecule has 4 rings (SSSR count). The van der Waals surface area contributed by atoms with Crippen LogP contribution in [-0.2, 0) is 4.74 Å². The molecule has 0 bridgehead atoms. The van der Waals surface area contributed by atoms with E-state index in [-0.39, 0.29) is 23.9 Å². The molecule has 1 N–H and O–H groups in total. The number of amides is 1. The molecule has 0 spiro atoms. The highest BCUT2D eigenvalue weighted by Gasteiger charge is 2.29. The minimum atomic E-state index is -0.339. The minimum Gasteiger partial charge on any atom is -0.376 e. The van der Waals surface area contributed by atoms with Gasteiger partial charge in [-0.25, -0.2) is 4.39 Å². The Morgan fingerprint density at radius 1 is 1.18 bits per heavy atom. The number of aromatic nitrogens is 2. The number of aryl methyl sites for hydroxylation is 1. The Balaban J connectivity index is 1.53. The van der Waals surface area contributed by atoms with Crippen LogP contribution in [0.1, 0.15) is 40.6 Å². The Hall–Kier alpha value is -3.06. The summed E-state index contributed by atoms with van der Waals surface area (Å²) in [6.07, 6.45) is 1.66. The SMILES string of the molecule is Cc1noc(-c2ccc(C(=O)N[C@H](c3ccc(F)cc3)[C@@H]3CCCO3)cc2)n1. The summed E-state index contributed by atoms with van der Waals surface area (Å²) in [4.78, 5) is 17.0. The van der Waals surface area contributed by atoms with Crippen LogP contribution < -0.4 is 5.32 Å². The number of halogens is 1. The lowest BCUT2D eigenvalue weighted by molar-refractivity contribution is 0.0672. The van der Waals surface area contributed by atoms with Gasteiger partial charge in [-0.2, -0.15) is 4.98 Å². The summed E-state index contributed by atoms with van der Waals surface area (Å²) in [7, 11) is 0. The molecule has 2 atom stereocenters. The fourth-order valence-corrected chi connectivity index (χ4v) is 3.33. The first-order valence-electron chi connectivity index (χ1n) is 9.19. The molecule has 6 nitrogen and oxygen atoms in total. The molecule has 1 aliphatic rings. The number of ether oxygens (including phenoxy) is 1. The topological polar surface area (TPSA) is 77.2 Å². The van der Waals surface area contributed by atoms with E-state index >= 15 is 0 Å². The van der Waals surface area contributed by atoms with E-state index in [1.54, 1.807) is 43.3 Å². The Kier molecular flexibility index (Phi) is 5.16. The summed E-state index contributed by atoms with van der Waals surface area (Å²) < 4.78 is 24.2. The van der Waals surface area contributed by atoms with Gasteiger partial charge in [-0.05, 0) is 61.7 Å². The van der Waals surface area contributed by atoms with E-state index < -0.39 is 0 Å². The second-order valence-corrected chi connectivity index (χ2v) is 6.78. The van der Waals surface area contributed by atoms with Crippen molar-refractivity contribution in [2.45, 2.75) is 31.9 Å². The molecule has 2 aromatic carbocycles. The van der Waals surface area contributed by atoms with Gasteiger partial charge in [0.2, 0.25) is 0 Å². The van der Waals surface area contributed by atoms with E-state index in [0.717, 1.165) is 24.0 Å². The second kappa shape index (κ2) is 7.90. The predicted molar refractivity (Wildman–Crippen MR) is 100 cm³/mol.